The van der Waals surface area contributed by atoms with Crippen molar-refractivity contribution in [3.8, 4) is 0 Å². The zero-order chi connectivity index (χ0) is 38.3. The number of hydrogen-bond acceptors (Lipinski definition) is 20. The second-order valence-electron chi connectivity index (χ2n) is 13.6. The molecule has 4 aliphatic rings. The quantitative estimate of drug-likeness (QED) is 0.0974. The highest BCUT2D eigenvalue weighted by Gasteiger charge is 2.54. The van der Waals surface area contributed by atoms with Crippen LogP contribution in [0.2, 0.25) is 0 Å². The van der Waals surface area contributed by atoms with E-state index in [0.29, 0.717) is 16.3 Å². The van der Waals surface area contributed by atoms with E-state index in [9.17, 15) is 56.2 Å². The second-order valence-corrected chi connectivity index (χ2v) is 16.0. The molecule has 53 heavy (non-hydrogen) atoms. The van der Waals surface area contributed by atoms with Crippen molar-refractivity contribution < 1.29 is 79.9 Å². The van der Waals surface area contributed by atoms with Gasteiger partial charge in [0, 0.05) is 0 Å². The van der Waals surface area contributed by atoms with E-state index in [1.807, 2.05) is 24.3 Å². The van der Waals surface area contributed by atoms with Crippen molar-refractivity contribution in [1.29, 1.82) is 0 Å². The first kappa shape index (κ1) is 41.2. The standard InChI is InChI=1S/C33H48N2O16S2/c1-3-12-8-14(20(39)22(41)19(12)38)34-18-11(2)47-30(25(44)21(18)40)50-28-15(9-36)48-31(26(45)23(28)42)51-29-16(10-37)49-32(27(46)24(29)43)53-33-35-13-6-4-5-7-17(13)52-33/h4-8,11,14-16,18-32,34,36-46H,3,9-10H2,1-2H3. The molecule has 12 N–H and O–H groups in total. The number of para-hydroxylation sites is 1. The third kappa shape index (κ3) is 8.33. The van der Waals surface area contributed by atoms with Crippen molar-refractivity contribution in [1.82, 2.24) is 10.3 Å². The number of aliphatic hydroxyl groups excluding tert-OH is 11. The summed E-state index contributed by atoms with van der Waals surface area (Å²) in [4.78, 5) is 4.50. The molecule has 3 aliphatic heterocycles. The molecule has 298 valence electrons. The number of thiazole rings is 1. The topological polar surface area (TPSA) is 294 Å². The molecule has 0 radical (unpaired) electrons. The molecule has 19 unspecified atom stereocenters. The summed E-state index contributed by atoms with van der Waals surface area (Å²) in [7, 11) is 0. The lowest BCUT2D eigenvalue weighted by Crippen LogP contribution is -2.68. The number of fused-ring (bicyclic) bond motifs is 1. The van der Waals surface area contributed by atoms with Crippen molar-refractivity contribution in [3.05, 3.63) is 35.9 Å². The van der Waals surface area contributed by atoms with Crippen LogP contribution in [0.1, 0.15) is 20.3 Å². The van der Waals surface area contributed by atoms with E-state index in [4.69, 9.17) is 23.7 Å². The minimum atomic E-state index is -1.90. The highest BCUT2D eigenvalue weighted by Crippen LogP contribution is 2.39. The maximum Gasteiger partial charge on any atom is 0.187 e. The van der Waals surface area contributed by atoms with E-state index >= 15 is 0 Å². The van der Waals surface area contributed by atoms with Crippen molar-refractivity contribution in [3.63, 3.8) is 0 Å². The first-order valence-electron chi connectivity index (χ1n) is 17.4. The summed E-state index contributed by atoms with van der Waals surface area (Å²) in [5.41, 5.74) is 0.160. The maximum atomic E-state index is 11.1. The number of hydrogen-bond donors (Lipinski definition) is 12. The number of aliphatic hydroxyl groups is 11. The lowest BCUT2D eigenvalue weighted by atomic mass is 9.85. The zero-order valence-electron chi connectivity index (χ0n) is 28.7. The number of nitrogens with zero attached hydrogens (tertiary/aromatic N) is 1. The van der Waals surface area contributed by atoms with Crippen molar-refractivity contribution in [2.75, 3.05) is 13.2 Å². The average molecular weight is 793 g/mol. The molecule has 1 aromatic heterocycles. The van der Waals surface area contributed by atoms with Crippen LogP contribution in [0.4, 0.5) is 0 Å². The van der Waals surface area contributed by atoms with Crippen LogP contribution in [0.25, 0.3) is 10.2 Å². The van der Waals surface area contributed by atoms with Gasteiger partial charge in [-0.15, -0.1) is 11.3 Å². The summed E-state index contributed by atoms with van der Waals surface area (Å²) in [6.45, 7) is 1.84. The fourth-order valence-electron chi connectivity index (χ4n) is 7.08. The maximum absolute atomic E-state index is 11.1. The van der Waals surface area contributed by atoms with Crippen molar-refractivity contribution >= 4 is 33.3 Å². The van der Waals surface area contributed by atoms with Gasteiger partial charge in [0.25, 0.3) is 0 Å². The SMILES string of the molecule is CCC1=CC(NC2C(C)OC(OC3C(CO)OC(OC4C(CO)OC(Sc5nc6ccccc6s5)C(O)C4O)C(O)C3O)C(O)C2O)C(O)C(O)C1O. The van der Waals surface area contributed by atoms with Gasteiger partial charge in [0.2, 0.25) is 0 Å². The third-order valence-electron chi connectivity index (χ3n) is 10.2. The Hall–Kier alpha value is -1.48. The molecule has 18 nitrogen and oxygen atoms in total. The molecule has 0 saturated carbocycles. The van der Waals surface area contributed by atoms with Gasteiger partial charge in [0.15, 0.2) is 16.9 Å². The van der Waals surface area contributed by atoms with E-state index in [-0.39, 0.29) is 0 Å². The van der Waals surface area contributed by atoms with Crippen LogP contribution >= 0.6 is 23.1 Å². The Morgan fingerprint density at radius 3 is 2.00 bits per heavy atom. The number of thioether (sulfide) groups is 1. The molecule has 0 amide bonds. The summed E-state index contributed by atoms with van der Waals surface area (Å²) in [5, 5.41) is 121. The van der Waals surface area contributed by atoms with Crippen LogP contribution in [0, 0.1) is 0 Å². The molecule has 3 saturated heterocycles. The second kappa shape index (κ2) is 17.3. The molecule has 3 fully saturated rings. The Morgan fingerprint density at radius 2 is 1.36 bits per heavy atom. The van der Waals surface area contributed by atoms with Crippen LogP contribution in [0.3, 0.4) is 0 Å². The summed E-state index contributed by atoms with van der Waals surface area (Å²) < 4.78 is 30.5. The molecule has 20 heteroatoms. The molecular formula is C33H48N2O16S2. The summed E-state index contributed by atoms with van der Waals surface area (Å²) >= 11 is 2.41. The lowest BCUT2D eigenvalue weighted by Gasteiger charge is -2.49. The minimum Gasteiger partial charge on any atom is -0.394 e. The molecule has 4 heterocycles. The van der Waals surface area contributed by atoms with Gasteiger partial charge in [-0.2, -0.15) is 0 Å². The molecule has 6 rings (SSSR count). The fraction of sp³-hybridized carbons (Fsp3) is 0.727. The highest BCUT2D eigenvalue weighted by atomic mass is 32.2. The largest absolute Gasteiger partial charge is 0.394 e. The highest BCUT2D eigenvalue weighted by molar-refractivity contribution is 8.01. The van der Waals surface area contributed by atoms with Crippen LogP contribution in [-0.2, 0) is 23.7 Å². The van der Waals surface area contributed by atoms with E-state index in [0.717, 1.165) is 22.0 Å². The van der Waals surface area contributed by atoms with Gasteiger partial charge in [0.1, 0.15) is 84.8 Å². The van der Waals surface area contributed by atoms with Crippen molar-refractivity contribution in [2.45, 2.75) is 140 Å². The summed E-state index contributed by atoms with van der Waals surface area (Å²) in [5.74, 6) is 0. The zero-order valence-corrected chi connectivity index (χ0v) is 30.3. The first-order chi connectivity index (χ1) is 25.3. The van der Waals surface area contributed by atoms with Gasteiger partial charge >= 0.3 is 0 Å². The Morgan fingerprint density at radius 1 is 0.755 bits per heavy atom. The van der Waals surface area contributed by atoms with E-state index in [1.165, 1.54) is 18.3 Å². The molecule has 0 spiro atoms. The van der Waals surface area contributed by atoms with Gasteiger partial charge in [0.05, 0.1) is 41.6 Å². The van der Waals surface area contributed by atoms with Gasteiger partial charge in [-0.25, -0.2) is 4.98 Å². The molecule has 2 aromatic rings. The van der Waals surface area contributed by atoms with Crippen LogP contribution in [-0.4, -0.2) is 190 Å². The van der Waals surface area contributed by atoms with Crippen LogP contribution in [0.15, 0.2) is 40.3 Å². The minimum absolute atomic E-state index is 0.390. The van der Waals surface area contributed by atoms with Crippen LogP contribution < -0.4 is 5.32 Å². The monoisotopic (exact) mass is 792 g/mol. The molecule has 1 aromatic carbocycles. The van der Waals surface area contributed by atoms with Gasteiger partial charge < -0.3 is 85.2 Å². The number of ether oxygens (including phenoxy) is 5. The predicted octanol–water partition coefficient (Wildman–Crippen LogP) is -3.74. The van der Waals surface area contributed by atoms with E-state index in [2.05, 4.69) is 10.3 Å². The smallest absolute Gasteiger partial charge is 0.187 e. The number of aromatic nitrogens is 1. The number of benzene rings is 1. The third-order valence-corrected chi connectivity index (χ3v) is 12.5. The Bertz CT molecular complexity index is 1500. The normalized spacial score (nSPS) is 45.3. The summed E-state index contributed by atoms with van der Waals surface area (Å²) in [6, 6.07) is 5.49. The molecule has 0 bridgehead atoms. The molecule has 1 aliphatic carbocycles. The van der Waals surface area contributed by atoms with Crippen LogP contribution in [0.5, 0.6) is 0 Å². The average Bonchev–Trinajstić information content (AvgIpc) is 3.57. The van der Waals surface area contributed by atoms with Crippen molar-refractivity contribution in [2.24, 2.45) is 0 Å². The van der Waals surface area contributed by atoms with Gasteiger partial charge in [-0.1, -0.05) is 36.9 Å². The van der Waals surface area contributed by atoms with Gasteiger partial charge in [-0.05, 0) is 31.1 Å². The van der Waals surface area contributed by atoms with Gasteiger partial charge in [-0.3, -0.25) is 0 Å². The number of nitrogens with one attached hydrogen (secondary N) is 1. The summed E-state index contributed by atoms with van der Waals surface area (Å²) in [6.07, 6.45) is -22.5. The Balaban J connectivity index is 1.08. The number of rotatable bonds is 11. The Kier molecular flexibility index (Phi) is 13.5. The lowest BCUT2D eigenvalue weighted by molar-refractivity contribution is -0.366. The molecular weight excluding hydrogens is 744 g/mol. The molecule has 19 atom stereocenters. The van der Waals surface area contributed by atoms with E-state index < -0.39 is 129 Å². The first-order valence-corrected chi connectivity index (χ1v) is 19.1. The van der Waals surface area contributed by atoms with E-state index in [1.54, 1.807) is 13.0 Å². The Labute approximate surface area is 312 Å². The predicted molar refractivity (Wildman–Crippen MR) is 184 cm³/mol. The fourth-order valence-corrected chi connectivity index (χ4v) is 9.37.